The SMILES string of the molecule is CCCCOc1ccc(C2c3c(oc4c(C)cc(C)cc4c3=O)C(=O)N2Cc2ccc(OC)cc2)cc1OCC. The van der Waals surface area contributed by atoms with Gasteiger partial charge in [-0.1, -0.05) is 37.6 Å². The fourth-order valence-electron chi connectivity index (χ4n) is 5.32. The van der Waals surface area contributed by atoms with Crippen LogP contribution >= 0.6 is 0 Å². The van der Waals surface area contributed by atoms with Crippen molar-refractivity contribution in [1.29, 1.82) is 0 Å². The Morgan fingerprint density at radius 3 is 2.40 bits per heavy atom. The van der Waals surface area contributed by atoms with Gasteiger partial charge in [0.05, 0.1) is 37.3 Å². The predicted molar refractivity (Wildman–Crippen MR) is 155 cm³/mol. The molecule has 0 saturated carbocycles. The molecule has 3 aromatic carbocycles. The number of carbonyl (C=O) groups is 1. The minimum Gasteiger partial charge on any atom is -0.497 e. The Morgan fingerprint density at radius 2 is 1.70 bits per heavy atom. The van der Waals surface area contributed by atoms with Crippen LogP contribution in [-0.2, 0) is 6.54 Å². The fraction of sp³-hybridized carbons (Fsp3) is 0.333. The highest BCUT2D eigenvalue weighted by molar-refractivity contribution is 5.99. The Balaban J connectivity index is 1.67. The number of hydrogen-bond acceptors (Lipinski definition) is 6. The van der Waals surface area contributed by atoms with E-state index in [9.17, 15) is 9.59 Å². The van der Waals surface area contributed by atoms with Gasteiger partial charge < -0.3 is 23.5 Å². The first-order chi connectivity index (χ1) is 19.4. The average Bonchev–Trinajstić information content (AvgIpc) is 3.22. The molecule has 7 heteroatoms. The number of nitrogens with zero attached hydrogens (tertiary/aromatic N) is 1. The van der Waals surface area contributed by atoms with Crippen molar-refractivity contribution >= 4 is 16.9 Å². The number of methoxy groups -OCH3 is 1. The van der Waals surface area contributed by atoms with E-state index in [0.29, 0.717) is 41.2 Å². The predicted octanol–water partition coefficient (Wildman–Crippen LogP) is 6.74. The summed E-state index contributed by atoms with van der Waals surface area (Å²) in [4.78, 5) is 29.7. The van der Waals surface area contributed by atoms with Crippen LogP contribution in [0, 0.1) is 13.8 Å². The maximum absolute atomic E-state index is 14.1. The average molecular weight is 542 g/mol. The lowest BCUT2D eigenvalue weighted by Gasteiger charge is -2.26. The molecular weight excluding hydrogens is 506 g/mol. The van der Waals surface area contributed by atoms with Crippen LogP contribution in [0.15, 0.2) is 63.8 Å². The van der Waals surface area contributed by atoms with Gasteiger partial charge in [-0.15, -0.1) is 0 Å². The van der Waals surface area contributed by atoms with Crippen molar-refractivity contribution in [2.45, 2.75) is 53.1 Å². The van der Waals surface area contributed by atoms with E-state index in [-0.39, 0.29) is 23.6 Å². The first kappa shape index (κ1) is 27.3. The third-order valence-corrected chi connectivity index (χ3v) is 7.25. The Bertz CT molecular complexity index is 1600. The smallest absolute Gasteiger partial charge is 0.291 e. The van der Waals surface area contributed by atoms with Gasteiger partial charge in [0.2, 0.25) is 5.76 Å². The fourth-order valence-corrected chi connectivity index (χ4v) is 5.32. The third kappa shape index (κ3) is 5.04. The second-order valence-corrected chi connectivity index (χ2v) is 10.2. The van der Waals surface area contributed by atoms with E-state index in [1.165, 1.54) is 0 Å². The van der Waals surface area contributed by atoms with Gasteiger partial charge in [0, 0.05) is 6.54 Å². The molecule has 1 unspecified atom stereocenters. The molecular formula is C33H35NO6. The summed E-state index contributed by atoms with van der Waals surface area (Å²) < 4.78 is 23.5. The normalized spacial score (nSPS) is 14.5. The molecule has 0 spiro atoms. The lowest BCUT2D eigenvalue weighted by atomic mass is 9.96. The van der Waals surface area contributed by atoms with Gasteiger partial charge >= 0.3 is 0 Å². The van der Waals surface area contributed by atoms with Crippen LogP contribution in [-0.4, -0.2) is 31.1 Å². The molecule has 0 bridgehead atoms. The van der Waals surface area contributed by atoms with Gasteiger partial charge in [0.25, 0.3) is 5.91 Å². The highest BCUT2D eigenvalue weighted by atomic mass is 16.5. The van der Waals surface area contributed by atoms with E-state index in [0.717, 1.165) is 40.8 Å². The molecule has 1 amide bonds. The number of hydrogen-bond donors (Lipinski definition) is 0. The topological polar surface area (TPSA) is 78.2 Å². The molecule has 1 aliphatic rings. The summed E-state index contributed by atoms with van der Waals surface area (Å²) in [6.07, 6.45) is 1.95. The summed E-state index contributed by atoms with van der Waals surface area (Å²) in [5.41, 5.74) is 4.03. The van der Waals surface area contributed by atoms with Crippen molar-refractivity contribution < 1.29 is 23.4 Å². The summed E-state index contributed by atoms with van der Waals surface area (Å²) in [7, 11) is 1.61. The van der Waals surface area contributed by atoms with Gasteiger partial charge in [-0.25, -0.2) is 0 Å². The zero-order valence-corrected chi connectivity index (χ0v) is 23.7. The maximum atomic E-state index is 14.1. The number of benzene rings is 3. The van der Waals surface area contributed by atoms with E-state index in [1.807, 2.05) is 75.4 Å². The van der Waals surface area contributed by atoms with Crippen molar-refractivity contribution in [3.63, 3.8) is 0 Å². The summed E-state index contributed by atoms with van der Waals surface area (Å²) in [6.45, 7) is 9.18. The monoisotopic (exact) mass is 541 g/mol. The molecule has 0 saturated heterocycles. The number of ether oxygens (including phenoxy) is 3. The summed E-state index contributed by atoms with van der Waals surface area (Å²) in [5.74, 6) is 1.71. The molecule has 40 heavy (non-hydrogen) atoms. The molecule has 0 fully saturated rings. The number of unbranched alkanes of at least 4 members (excludes halogenated alkanes) is 1. The van der Waals surface area contributed by atoms with Crippen LogP contribution in [0.2, 0.25) is 0 Å². The summed E-state index contributed by atoms with van der Waals surface area (Å²) >= 11 is 0. The number of aryl methyl sites for hydroxylation is 2. The number of fused-ring (bicyclic) bond motifs is 2. The van der Waals surface area contributed by atoms with Crippen molar-refractivity contribution in [3.05, 3.63) is 98.4 Å². The molecule has 4 aromatic rings. The summed E-state index contributed by atoms with van der Waals surface area (Å²) in [6, 6.07) is 16.3. The van der Waals surface area contributed by atoms with E-state index in [2.05, 4.69) is 6.92 Å². The number of carbonyl (C=O) groups excluding carboxylic acids is 1. The molecule has 7 nitrogen and oxygen atoms in total. The second-order valence-electron chi connectivity index (χ2n) is 10.2. The van der Waals surface area contributed by atoms with Gasteiger partial charge in [0.1, 0.15) is 11.3 Å². The van der Waals surface area contributed by atoms with Crippen LogP contribution in [0.4, 0.5) is 0 Å². The van der Waals surface area contributed by atoms with Crippen molar-refractivity contribution in [2.75, 3.05) is 20.3 Å². The van der Waals surface area contributed by atoms with Crippen molar-refractivity contribution in [2.24, 2.45) is 0 Å². The van der Waals surface area contributed by atoms with Crippen LogP contribution in [0.5, 0.6) is 17.2 Å². The minimum absolute atomic E-state index is 0.0872. The molecule has 1 aromatic heterocycles. The lowest BCUT2D eigenvalue weighted by Crippen LogP contribution is -2.29. The second kappa shape index (κ2) is 11.5. The molecule has 1 aliphatic heterocycles. The van der Waals surface area contributed by atoms with Crippen LogP contribution in [0.25, 0.3) is 11.0 Å². The molecule has 2 heterocycles. The Hall–Kier alpha value is -4.26. The summed E-state index contributed by atoms with van der Waals surface area (Å²) in [5, 5.41) is 0.477. The zero-order valence-electron chi connectivity index (χ0n) is 23.7. The van der Waals surface area contributed by atoms with Crippen LogP contribution < -0.4 is 19.6 Å². The molecule has 0 radical (unpaired) electrons. The number of amides is 1. The molecule has 0 aliphatic carbocycles. The van der Waals surface area contributed by atoms with Gasteiger partial charge in [-0.2, -0.15) is 0 Å². The molecule has 0 N–H and O–H groups in total. The maximum Gasteiger partial charge on any atom is 0.291 e. The van der Waals surface area contributed by atoms with E-state index < -0.39 is 6.04 Å². The van der Waals surface area contributed by atoms with Crippen molar-refractivity contribution in [1.82, 2.24) is 4.90 Å². The molecule has 5 rings (SSSR count). The third-order valence-electron chi connectivity index (χ3n) is 7.25. The van der Waals surface area contributed by atoms with Gasteiger partial charge in [-0.05, 0) is 79.8 Å². The Morgan fingerprint density at radius 1 is 0.925 bits per heavy atom. The minimum atomic E-state index is -0.657. The van der Waals surface area contributed by atoms with Gasteiger partial charge in [0.15, 0.2) is 16.9 Å². The van der Waals surface area contributed by atoms with Crippen molar-refractivity contribution in [3.8, 4) is 17.2 Å². The standard InChI is InChI=1S/C33H35NO6/c1-6-8-15-39-26-14-11-23(18-27(26)38-7-2)29-28-30(35)25-17-20(3)16-21(4)31(25)40-32(28)33(36)34(29)19-22-9-12-24(37-5)13-10-22/h9-14,16-18,29H,6-8,15,19H2,1-5H3. The quantitative estimate of drug-likeness (QED) is 0.207. The van der Waals surface area contributed by atoms with Crippen LogP contribution in [0.3, 0.4) is 0 Å². The highest BCUT2D eigenvalue weighted by Gasteiger charge is 2.43. The number of rotatable bonds is 10. The van der Waals surface area contributed by atoms with E-state index in [1.54, 1.807) is 12.0 Å². The first-order valence-corrected chi connectivity index (χ1v) is 13.8. The zero-order chi connectivity index (χ0) is 28.4. The molecule has 208 valence electrons. The Labute approximate surface area is 234 Å². The van der Waals surface area contributed by atoms with E-state index >= 15 is 0 Å². The Kier molecular flexibility index (Phi) is 7.83. The van der Waals surface area contributed by atoms with E-state index in [4.69, 9.17) is 18.6 Å². The van der Waals surface area contributed by atoms with Gasteiger partial charge in [-0.3, -0.25) is 9.59 Å². The van der Waals surface area contributed by atoms with Crippen LogP contribution in [0.1, 0.15) is 71.1 Å². The molecule has 1 atom stereocenters. The highest BCUT2D eigenvalue weighted by Crippen LogP contribution is 2.42. The largest absolute Gasteiger partial charge is 0.497 e. The lowest BCUT2D eigenvalue weighted by molar-refractivity contribution is 0.0714. The first-order valence-electron chi connectivity index (χ1n) is 13.8.